The first-order valence-electron chi connectivity index (χ1n) is 10.3. The standard InChI is InChI=1S/C25H22N4O2S/c1-4-28-16(2)13-21(17(28)3)23(30)15-32-25-27-22-8-6-5-7-20(22)24(31)29(25)19-11-9-18(14-26)10-12-19/h5-13H,4,15H2,1-3H3. The van der Waals surface area contributed by atoms with E-state index >= 15 is 0 Å². The smallest absolute Gasteiger partial charge is 0.266 e. The molecule has 0 radical (unpaired) electrons. The van der Waals surface area contributed by atoms with Crippen molar-refractivity contribution in [1.82, 2.24) is 14.1 Å². The predicted molar refractivity (Wildman–Crippen MR) is 127 cm³/mol. The molecule has 4 aromatic rings. The Labute approximate surface area is 190 Å². The van der Waals surface area contributed by atoms with Gasteiger partial charge in [-0.25, -0.2) is 4.98 Å². The SMILES string of the molecule is CCn1c(C)cc(C(=O)CSc2nc3ccccc3c(=O)n2-c2ccc(C#N)cc2)c1C. The number of benzene rings is 2. The summed E-state index contributed by atoms with van der Waals surface area (Å²) in [7, 11) is 0. The van der Waals surface area contributed by atoms with Crippen LogP contribution in [0.15, 0.2) is 64.5 Å². The maximum atomic E-state index is 13.3. The molecule has 2 aromatic heterocycles. The van der Waals surface area contributed by atoms with Crippen molar-refractivity contribution in [2.45, 2.75) is 32.5 Å². The van der Waals surface area contributed by atoms with Crippen molar-refractivity contribution in [1.29, 1.82) is 5.26 Å². The molecule has 0 N–H and O–H groups in total. The van der Waals surface area contributed by atoms with Gasteiger partial charge in [-0.15, -0.1) is 0 Å². The van der Waals surface area contributed by atoms with Crippen LogP contribution in [0.5, 0.6) is 0 Å². The van der Waals surface area contributed by atoms with Gasteiger partial charge in [0.05, 0.1) is 34.0 Å². The van der Waals surface area contributed by atoms with Crippen molar-refractivity contribution in [2.75, 3.05) is 5.75 Å². The normalized spacial score (nSPS) is 10.9. The largest absolute Gasteiger partial charge is 0.349 e. The first-order chi connectivity index (χ1) is 15.4. The number of aromatic nitrogens is 3. The summed E-state index contributed by atoms with van der Waals surface area (Å²) in [5.41, 5.74) is 4.19. The predicted octanol–water partition coefficient (Wildman–Crippen LogP) is 4.67. The third-order valence-corrected chi connectivity index (χ3v) is 6.46. The maximum absolute atomic E-state index is 13.3. The number of hydrogen-bond donors (Lipinski definition) is 0. The van der Waals surface area contributed by atoms with E-state index in [0.717, 1.165) is 17.9 Å². The quantitative estimate of drug-likeness (QED) is 0.246. The Hall–Kier alpha value is -3.63. The van der Waals surface area contributed by atoms with Crippen LogP contribution in [0, 0.1) is 25.2 Å². The molecule has 0 unspecified atom stereocenters. The summed E-state index contributed by atoms with van der Waals surface area (Å²) >= 11 is 1.24. The first kappa shape index (κ1) is 21.6. The van der Waals surface area contributed by atoms with Gasteiger partial charge in [-0.2, -0.15) is 5.26 Å². The zero-order chi connectivity index (χ0) is 22.8. The molecule has 0 aliphatic heterocycles. The highest BCUT2D eigenvalue weighted by Gasteiger charge is 2.18. The molecule has 0 saturated heterocycles. The molecule has 0 fully saturated rings. The highest BCUT2D eigenvalue weighted by molar-refractivity contribution is 7.99. The van der Waals surface area contributed by atoms with Crippen LogP contribution >= 0.6 is 11.8 Å². The van der Waals surface area contributed by atoms with Gasteiger partial charge in [0.2, 0.25) is 0 Å². The van der Waals surface area contributed by atoms with E-state index in [1.165, 1.54) is 16.3 Å². The van der Waals surface area contributed by atoms with Crippen LogP contribution in [0.4, 0.5) is 0 Å². The highest BCUT2D eigenvalue weighted by atomic mass is 32.2. The number of carbonyl (C=O) groups is 1. The molecule has 160 valence electrons. The van der Waals surface area contributed by atoms with Gasteiger partial charge in [-0.05, 0) is 63.2 Å². The summed E-state index contributed by atoms with van der Waals surface area (Å²) in [5, 5.41) is 10.0. The van der Waals surface area contributed by atoms with Crippen LogP contribution in [0.1, 0.15) is 34.2 Å². The summed E-state index contributed by atoms with van der Waals surface area (Å²) in [6, 6.07) is 17.9. The van der Waals surface area contributed by atoms with Gasteiger partial charge in [0.1, 0.15) is 0 Å². The molecule has 0 aliphatic carbocycles. The molecule has 2 heterocycles. The second-order valence-corrected chi connectivity index (χ2v) is 8.39. The third kappa shape index (κ3) is 3.85. The van der Waals surface area contributed by atoms with Gasteiger partial charge in [-0.1, -0.05) is 23.9 Å². The summed E-state index contributed by atoms with van der Waals surface area (Å²) in [4.78, 5) is 31.0. The summed E-state index contributed by atoms with van der Waals surface area (Å²) in [5.74, 6) is 0.159. The lowest BCUT2D eigenvalue weighted by atomic mass is 10.2. The number of aryl methyl sites for hydroxylation is 1. The van der Waals surface area contributed by atoms with Gasteiger partial charge in [-0.3, -0.25) is 14.2 Å². The zero-order valence-electron chi connectivity index (χ0n) is 18.1. The van der Waals surface area contributed by atoms with E-state index in [1.54, 1.807) is 42.5 Å². The molecular formula is C25H22N4O2S. The van der Waals surface area contributed by atoms with Crippen molar-refractivity contribution in [3.8, 4) is 11.8 Å². The Morgan fingerprint density at radius 3 is 2.50 bits per heavy atom. The summed E-state index contributed by atoms with van der Waals surface area (Å²) in [6.07, 6.45) is 0. The monoisotopic (exact) mass is 442 g/mol. The Balaban J connectivity index is 1.75. The molecule has 0 aliphatic rings. The van der Waals surface area contributed by atoms with E-state index in [2.05, 4.69) is 22.5 Å². The van der Waals surface area contributed by atoms with E-state index in [4.69, 9.17) is 5.26 Å². The highest BCUT2D eigenvalue weighted by Crippen LogP contribution is 2.24. The molecule has 6 nitrogen and oxygen atoms in total. The maximum Gasteiger partial charge on any atom is 0.266 e. The zero-order valence-corrected chi connectivity index (χ0v) is 18.9. The van der Waals surface area contributed by atoms with Crippen LogP contribution in [0.25, 0.3) is 16.6 Å². The summed E-state index contributed by atoms with van der Waals surface area (Å²) in [6.45, 7) is 6.81. The van der Waals surface area contributed by atoms with Gasteiger partial charge >= 0.3 is 0 Å². The number of nitriles is 1. The number of nitrogens with zero attached hydrogens (tertiary/aromatic N) is 4. The lowest BCUT2D eigenvalue weighted by Crippen LogP contribution is -2.22. The second kappa shape index (κ2) is 8.85. The van der Waals surface area contributed by atoms with Gasteiger partial charge in [0.15, 0.2) is 10.9 Å². The van der Waals surface area contributed by atoms with Gasteiger partial charge < -0.3 is 4.57 Å². The van der Waals surface area contributed by atoms with E-state index in [-0.39, 0.29) is 17.1 Å². The van der Waals surface area contributed by atoms with E-state index in [0.29, 0.717) is 32.9 Å². The van der Waals surface area contributed by atoms with Crippen molar-refractivity contribution >= 4 is 28.4 Å². The van der Waals surface area contributed by atoms with Gasteiger partial charge in [0.25, 0.3) is 5.56 Å². The minimum atomic E-state index is -0.209. The second-order valence-electron chi connectivity index (χ2n) is 7.45. The van der Waals surface area contributed by atoms with Crippen LogP contribution in [0.2, 0.25) is 0 Å². The molecule has 2 aromatic carbocycles. The molecule has 0 spiro atoms. The minimum absolute atomic E-state index is 0.00316. The number of hydrogen-bond acceptors (Lipinski definition) is 5. The lowest BCUT2D eigenvalue weighted by molar-refractivity contribution is 0.102. The molecule has 7 heteroatoms. The van der Waals surface area contributed by atoms with Crippen molar-refractivity contribution in [2.24, 2.45) is 0 Å². The molecule has 32 heavy (non-hydrogen) atoms. The number of carbonyl (C=O) groups excluding carboxylic acids is 1. The Morgan fingerprint density at radius 2 is 1.84 bits per heavy atom. The van der Waals surface area contributed by atoms with Crippen LogP contribution in [0.3, 0.4) is 0 Å². The Kier molecular flexibility index (Phi) is 5.97. The van der Waals surface area contributed by atoms with Gasteiger partial charge in [0, 0.05) is 23.5 Å². The average Bonchev–Trinajstić information content (AvgIpc) is 3.10. The molecule has 0 amide bonds. The van der Waals surface area contributed by atoms with Crippen LogP contribution in [-0.2, 0) is 6.54 Å². The molecule has 0 bridgehead atoms. The fourth-order valence-corrected chi connectivity index (χ4v) is 4.80. The van der Waals surface area contributed by atoms with E-state index < -0.39 is 0 Å². The van der Waals surface area contributed by atoms with E-state index in [1.807, 2.05) is 26.0 Å². The minimum Gasteiger partial charge on any atom is -0.349 e. The average molecular weight is 443 g/mol. The molecular weight excluding hydrogens is 420 g/mol. The summed E-state index contributed by atoms with van der Waals surface area (Å²) < 4.78 is 3.62. The number of thioether (sulfide) groups is 1. The number of fused-ring (bicyclic) bond motifs is 1. The van der Waals surface area contributed by atoms with E-state index in [9.17, 15) is 9.59 Å². The van der Waals surface area contributed by atoms with Crippen molar-refractivity contribution in [3.05, 3.63) is 87.5 Å². The first-order valence-corrected chi connectivity index (χ1v) is 11.3. The lowest BCUT2D eigenvalue weighted by Gasteiger charge is -2.13. The number of rotatable bonds is 6. The fraction of sp³-hybridized carbons (Fsp3) is 0.200. The van der Waals surface area contributed by atoms with Crippen LogP contribution in [-0.4, -0.2) is 25.7 Å². The number of Topliss-reactive ketones (excluding diaryl/α,β-unsaturated/α-hetero) is 1. The molecule has 0 atom stereocenters. The third-order valence-electron chi connectivity index (χ3n) is 5.52. The van der Waals surface area contributed by atoms with Crippen molar-refractivity contribution in [3.63, 3.8) is 0 Å². The Bertz CT molecular complexity index is 1430. The number of para-hydroxylation sites is 1. The topological polar surface area (TPSA) is 80.7 Å². The van der Waals surface area contributed by atoms with Crippen molar-refractivity contribution < 1.29 is 4.79 Å². The number of ketones is 1. The molecule has 0 saturated carbocycles. The fourth-order valence-electron chi connectivity index (χ4n) is 3.90. The Morgan fingerprint density at radius 1 is 1.12 bits per heavy atom. The molecule has 4 rings (SSSR count). The van der Waals surface area contributed by atoms with Crippen LogP contribution < -0.4 is 5.56 Å².